The van der Waals surface area contributed by atoms with Gasteiger partial charge in [0.1, 0.15) is 5.75 Å². The maximum atomic E-state index is 12.1. The second-order valence-electron chi connectivity index (χ2n) is 6.43. The summed E-state index contributed by atoms with van der Waals surface area (Å²) >= 11 is 0. The van der Waals surface area contributed by atoms with Gasteiger partial charge in [-0.1, -0.05) is 19.1 Å². The van der Waals surface area contributed by atoms with Crippen molar-refractivity contribution < 1.29 is 13.9 Å². The number of carbonyl (C=O) groups excluding carboxylic acids is 1. The molecule has 0 saturated heterocycles. The third-order valence-corrected chi connectivity index (χ3v) is 4.07. The van der Waals surface area contributed by atoms with Gasteiger partial charge >= 0.3 is 0 Å². The minimum atomic E-state index is -0.200. The Morgan fingerprint density at radius 3 is 2.63 bits per heavy atom. The molecule has 1 heterocycles. The van der Waals surface area contributed by atoms with Gasteiger partial charge in [0.05, 0.1) is 0 Å². The zero-order valence-electron chi connectivity index (χ0n) is 15.8. The number of nitrogens with zero attached hydrogens (tertiary/aromatic N) is 2. The van der Waals surface area contributed by atoms with Gasteiger partial charge in [0.2, 0.25) is 11.8 Å². The number of amides is 1. The van der Waals surface area contributed by atoms with E-state index >= 15 is 0 Å². The lowest BCUT2D eigenvalue weighted by atomic mass is 10.1. The normalized spacial score (nSPS) is 10.6. The summed E-state index contributed by atoms with van der Waals surface area (Å²) < 4.78 is 11.2. The summed E-state index contributed by atoms with van der Waals surface area (Å²) in [5.74, 6) is 1.52. The van der Waals surface area contributed by atoms with E-state index in [0.717, 1.165) is 35.2 Å². The molecule has 0 unspecified atom stereocenters. The van der Waals surface area contributed by atoms with Crippen molar-refractivity contribution in [1.29, 1.82) is 0 Å². The van der Waals surface area contributed by atoms with Crippen molar-refractivity contribution in [2.24, 2.45) is 0 Å². The highest BCUT2D eigenvalue weighted by Crippen LogP contribution is 2.22. The molecule has 0 spiro atoms. The average molecular weight is 365 g/mol. The number of carbonyl (C=O) groups is 1. The van der Waals surface area contributed by atoms with E-state index in [0.29, 0.717) is 17.5 Å². The van der Waals surface area contributed by atoms with Gasteiger partial charge in [-0.15, -0.1) is 10.2 Å². The van der Waals surface area contributed by atoms with E-state index in [1.165, 1.54) is 0 Å². The lowest BCUT2D eigenvalue weighted by Crippen LogP contribution is -2.20. The Kier molecular flexibility index (Phi) is 5.86. The number of ether oxygens (including phenoxy) is 1. The summed E-state index contributed by atoms with van der Waals surface area (Å²) in [6.45, 7) is 5.94. The van der Waals surface area contributed by atoms with Gasteiger partial charge in [-0.2, -0.15) is 0 Å². The van der Waals surface area contributed by atoms with E-state index in [-0.39, 0.29) is 12.5 Å². The van der Waals surface area contributed by atoms with Crippen LogP contribution in [0.1, 0.15) is 30.4 Å². The van der Waals surface area contributed by atoms with Crippen molar-refractivity contribution >= 4 is 11.6 Å². The third kappa shape index (κ3) is 4.94. The van der Waals surface area contributed by atoms with Crippen LogP contribution < -0.4 is 10.1 Å². The van der Waals surface area contributed by atoms with Crippen LogP contribution >= 0.6 is 0 Å². The van der Waals surface area contributed by atoms with Crippen LogP contribution in [0.15, 0.2) is 46.9 Å². The molecule has 140 valence electrons. The molecule has 0 saturated carbocycles. The lowest BCUT2D eigenvalue weighted by molar-refractivity contribution is -0.118. The highest BCUT2D eigenvalue weighted by molar-refractivity contribution is 5.92. The molecule has 0 atom stereocenters. The quantitative estimate of drug-likeness (QED) is 0.674. The van der Waals surface area contributed by atoms with Crippen LogP contribution in [0.5, 0.6) is 5.75 Å². The first-order valence-electron chi connectivity index (χ1n) is 8.98. The van der Waals surface area contributed by atoms with Crippen LogP contribution in [-0.2, 0) is 11.2 Å². The molecule has 1 aromatic heterocycles. The summed E-state index contributed by atoms with van der Waals surface area (Å²) in [7, 11) is 0. The predicted molar refractivity (Wildman–Crippen MR) is 104 cm³/mol. The molecule has 6 heteroatoms. The summed E-state index contributed by atoms with van der Waals surface area (Å²) in [4.78, 5) is 12.1. The molecule has 0 aliphatic rings. The summed E-state index contributed by atoms with van der Waals surface area (Å²) in [6.07, 6.45) is 1.72. The molecular weight excluding hydrogens is 342 g/mol. The Bertz CT molecular complexity index is 917. The van der Waals surface area contributed by atoms with Crippen LogP contribution in [0.25, 0.3) is 11.5 Å². The first-order valence-corrected chi connectivity index (χ1v) is 8.98. The molecule has 1 amide bonds. The number of anilines is 1. The molecule has 6 nitrogen and oxygen atoms in total. The van der Waals surface area contributed by atoms with Gasteiger partial charge in [-0.05, 0) is 61.7 Å². The zero-order valence-corrected chi connectivity index (χ0v) is 15.8. The Morgan fingerprint density at radius 1 is 1.11 bits per heavy atom. The van der Waals surface area contributed by atoms with Crippen LogP contribution in [0.4, 0.5) is 5.69 Å². The van der Waals surface area contributed by atoms with E-state index in [9.17, 15) is 4.79 Å². The number of nitrogens with one attached hydrogen (secondary N) is 1. The number of aryl methyl sites for hydroxylation is 3. The van der Waals surface area contributed by atoms with Crippen LogP contribution in [-0.4, -0.2) is 22.7 Å². The number of hydrogen-bond donors (Lipinski definition) is 1. The fourth-order valence-corrected chi connectivity index (χ4v) is 2.58. The van der Waals surface area contributed by atoms with Crippen LogP contribution in [0, 0.1) is 13.8 Å². The van der Waals surface area contributed by atoms with Gasteiger partial charge in [0.15, 0.2) is 6.61 Å². The topological polar surface area (TPSA) is 77.2 Å². The maximum Gasteiger partial charge on any atom is 0.262 e. The summed E-state index contributed by atoms with van der Waals surface area (Å²) in [5.41, 5.74) is 3.73. The molecule has 3 rings (SSSR count). The average Bonchev–Trinajstić information content (AvgIpc) is 3.12. The van der Waals surface area contributed by atoms with Gasteiger partial charge < -0.3 is 14.5 Å². The monoisotopic (exact) mass is 365 g/mol. The number of rotatable bonds is 7. The van der Waals surface area contributed by atoms with E-state index in [1.54, 1.807) is 12.1 Å². The molecule has 2 aromatic carbocycles. The first-order chi connectivity index (χ1) is 13.0. The molecule has 3 aromatic rings. The zero-order chi connectivity index (χ0) is 19.2. The molecule has 0 bridgehead atoms. The highest BCUT2D eigenvalue weighted by Gasteiger charge is 2.09. The molecular formula is C21H23N3O3. The lowest BCUT2D eigenvalue weighted by Gasteiger charge is -2.10. The molecule has 0 aliphatic heterocycles. The van der Waals surface area contributed by atoms with Crippen molar-refractivity contribution in [3.05, 3.63) is 59.5 Å². The molecule has 1 N–H and O–H groups in total. The number of benzene rings is 2. The highest BCUT2D eigenvalue weighted by atomic mass is 16.5. The molecule has 0 radical (unpaired) electrons. The van der Waals surface area contributed by atoms with Crippen molar-refractivity contribution in [1.82, 2.24) is 10.2 Å². The Morgan fingerprint density at radius 2 is 1.89 bits per heavy atom. The minimum Gasteiger partial charge on any atom is -0.484 e. The smallest absolute Gasteiger partial charge is 0.262 e. The fourth-order valence-electron chi connectivity index (χ4n) is 2.58. The van der Waals surface area contributed by atoms with E-state index in [2.05, 4.69) is 22.4 Å². The second kappa shape index (κ2) is 8.49. The van der Waals surface area contributed by atoms with Gasteiger partial charge in [0, 0.05) is 17.7 Å². The SMILES string of the molecule is CCCc1nnc(-c2ccc(OCC(=O)Nc3cc(C)ccc3C)cc2)o1. The standard InChI is InChI=1S/C21H23N3O3/c1-4-5-20-23-24-21(27-20)16-8-10-17(11-9-16)26-13-19(25)22-18-12-14(2)6-7-15(18)3/h6-12H,4-5,13H2,1-3H3,(H,22,25). The summed E-state index contributed by atoms with van der Waals surface area (Å²) in [6, 6.07) is 13.2. The van der Waals surface area contributed by atoms with Gasteiger partial charge in [-0.3, -0.25) is 4.79 Å². The fraction of sp³-hybridized carbons (Fsp3) is 0.286. The molecule has 0 aliphatic carbocycles. The van der Waals surface area contributed by atoms with E-state index in [4.69, 9.17) is 9.15 Å². The van der Waals surface area contributed by atoms with Crippen molar-refractivity contribution in [3.8, 4) is 17.2 Å². The van der Waals surface area contributed by atoms with Crippen LogP contribution in [0.2, 0.25) is 0 Å². The second-order valence-corrected chi connectivity index (χ2v) is 6.43. The van der Waals surface area contributed by atoms with Crippen molar-refractivity contribution in [2.75, 3.05) is 11.9 Å². The maximum absolute atomic E-state index is 12.1. The Hall–Kier alpha value is -3.15. The number of hydrogen-bond acceptors (Lipinski definition) is 5. The van der Waals surface area contributed by atoms with Crippen molar-refractivity contribution in [3.63, 3.8) is 0 Å². The van der Waals surface area contributed by atoms with Crippen LogP contribution in [0.3, 0.4) is 0 Å². The minimum absolute atomic E-state index is 0.0616. The Balaban J connectivity index is 1.56. The molecule has 0 fully saturated rings. The van der Waals surface area contributed by atoms with Gasteiger partial charge in [0.25, 0.3) is 5.91 Å². The first kappa shape index (κ1) is 18.6. The largest absolute Gasteiger partial charge is 0.484 e. The molecule has 27 heavy (non-hydrogen) atoms. The Labute approximate surface area is 158 Å². The summed E-state index contributed by atoms with van der Waals surface area (Å²) in [5, 5.41) is 10.9. The van der Waals surface area contributed by atoms with E-state index in [1.807, 2.05) is 44.2 Å². The predicted octanol–water partition coefficient (Wildman–Crippen LogP) is 4.32. The third-order valence-electron chi connectivity index (χ3n) is 4.07. The van der Waals surface area contributed by atoms with E-state index < -0.39 is 0 Å². The van der Waals surface area contributed by atoms with Crippen molar-refractivity contribution in [2.45, 2.75) is 33.6 Å². The van der Waals surface area contributed by atoms with Gasteiger partial charge in [-0.25, -0.2) is 0 Å². The number of aromatic nitrogens is 2.